The van der Waals surface area contributed by atoms with Gasteiger partial charge in [-0.1, -0.05) is 43.3 Å². The predicted octanol–water partition coefficient (Wildman–Crippen LogP) is 4.37. The van der Waals surface area contributed by atoms with E-state index in [-0.39, 0.29) is 10.8 Å². The highest BCUT2D eigenvalue weighted by Gasteiger charge is 2.32. The first kappa shape index (κ1) is 20.0. The first-order chi connectivity index (χ1) is 13.2. The molecular formula is C22H31N3OS. The van der Waals surface area contributed by atoms with Crippen molar-refractivity contribution in [1.82, 2.24) is 10.6 Å². The molecule has 1 saturated heterocycles. The van der Waals surface area contributed by atoms with Crippen molar-refractivity contribution in [3.05, 3.63) is 48.0 Å². The first-order valence-corrected chi connectivity index (χ1v) is 10.8. The summed E-state index contributed by atoms with van der Waals surface area (Å²) in [7, 11) is 1.84. The Labute approximate surface area is 167 Å². The van der Waals surface area contributed by atoms with Gasteiger partial charge in [-0.2, -0.15) is 11.8 Å². The topological polar surface area (TPSA) is 45.7 Å². The van der Waals surface area contributed by atoms with E-state index in [1.165, 1.54) is 16.3 Å². The average molecular weight is 386 g/mol. The number of guanidine groups is 1. The minimum Gasteiger partial charge on any atom is -0.381 e. The summed E-state index contributed by atoms with van der Waals surface area (Å²) in [6, 6.07) is 15.3. The second kappa shape index (κ2) is 9.47. The molecule has 1 fully saturated rings. The molecule has 0 bridgehead atoms. The van der Waals surface area contributed by atoms with Crippen LogP contribution in [0.3, 0.4) is 0 Å². The zero-order chi connectivity index (χ0) is 19.1. The second-order valence-corrected chi connectivity index (χ2v) is 8.86. The summed E-state index contributed by atoms with van der Waals surface area (Å²) in [5.74, 6) is 1.99. The molecule has 2 N–H and O–H groups in total. The number of thioether (sulfide) groups is 1. The maximum absolute atomic E-state index is 5.57. The first-order valence-electron chi connectivity index (χ1n) is 9.83. The molecule has 4 nitrogen and oxygen atoms in total. The Balaban J connectivity index is 1.63. The summed E-state index contributed by atoms with van der Waals surface area (Å²) in [5, 5.41) is 9.65. The van der Waals surface area contributed by atoms with E-state index < -0.39 is 0 Å². The molecule has 1 unspecified atom stereocenters. The maximum atomic E-state index is 5.57. The molecule has 5 heteroatoms. The number of fused-ring (bicyclic) bond motifs is 1. The molecule has 1 aliphatic heterocycles. The lowest BCUT2D eigenvalue weighted by Crippen LogP contribution is -2.48. The van der Waals surface area contributed by atoms with Gasteiger partial charge in [-0.3, -0.25) is 4.99 Å². The summed E-state index contributed by atoms with van der Waals surface area (Å²) < 4.78 is 5.82. The van der Waals surface area contributed by atoms with Gasteiger partial charge in [0.15, 0.2) is 5.96 Å². The Morgan fingerprint density at radius 3 is 2.63 bits per heavy atom. The van der Waals surface area contributed by atoms with E-state index in [4.69, 9.17) is 4.74 Å². The van der Waals surface area contributed by atoms with E-state index in [9.17, 15) is 0 Å². The molecule has 1 heterocycles. The van der Waals surface area contributed by atoms with Gasteiger partial charge >= 0.3 is 0 Å². The molecule has 0 aromatic heterocycles. The van der Waals surface area contributed by atoms with E-state index in [0.717, 1.165) is 44.3 Å². The molecule has 2 aromatic carbocycles. The standard InChI is InChI=1S/C22H31N3OS/c1-4-27-22(11-13-26-14-12-22)16-24-21(23-3)25-17(2)19-10-9-18-7-5-6-8-20(18)15-19/h5-10,15,17H,4,11-14,16H2,1-3H3,(H2,23,24,25). The Bertz CT molecular complexity index is 765. The van der Waals surface area contributed by atoms with E-state index in [1.807, 2.05) is 18.8 Å². The van der Waals surface area contributed by atoms with E-state index >= 15 is 0 Å². The van der Waals surface area contributed by atoms with Crippen molar-refractivity contribution in [2.45, 2.75) is 37.5 Å². The van der Waals surface area contributed by atoms with Crippen LogP contribution in [0, 0.1) is 0 Å². The molecule has 0 spiro atoms. The summed E-state index contributed by atoms with van der Waals surface area (Å²) in [5.41, 5.74) is 1.26. The Hall–Kier alpha value is -1.72. The van der Waals surface area contributed by atoms with E-state index in [0.29, 0.717) is 0 Å². The minimum atomic E-state index is 0.185. The zero-order valence-corrected chi connectivity index (χ0v) is 17.4. The highest BCUT2D eigenvalue weighted by Crippen LogP contribution is 2.34. The van der Waals surface area contributed by atoms with Gasteiger partial charge in [0.1, 0.15) is 0 Å². The largest absolute Gasteiger partial charge is 0.381 e. The van der Waals surface area contributed by atoms with Gasteiger partial charge in [-0.25, -0.2) is 0 Å². The highest BCUT2D eigenvalue weighted by molar-refractivity contribution is 8.00. The number of aliphatic imine (C=N–C) groups is 1. The number of nitrogens with one attached hydrogen (secondary N) is 2. The smallest absolute Gasteiger partial charge is 0.191 e. The molecule has 0 saturated carbocycles. The number of benzene rings is 2. The maximum Gasteiger partial charge on any atom is 0.191 e. The third-order valence-corrected chi connectivity index (χ3v) is 6.74. The third-order valence-electron chi connectivity index (χ3n) is 5.28. The van der Waals surface area contributed by atoms with Crippen LogP contribution in [-0.4, -0.2) is 43.3 Å². The molecule has 0 radical (unpaired) electrons. The van der Waals surface area contributed by atoms with Crippen LogP contribution >= 0.6 is 11.8 Å². The van der Waals surface area contributed by atoms with Crippen molar-refractivity contribution in [3.63, 3.8) is 0 Å². The van der Waals surface area contributed by atoms with Crippen LogP contribution in [0.25, 0.3) is 10.8 Å². The van der Waals surface area contributed by atoms with Gasteiger partial charge in [0.05, 0.1) is 6.04 Å². The summed E-state index contributed by atoms with van der Waals surface area (Å²) in [6.07, 6.45) is 2.19. The monoisotopic (exact) mass is 385 g/mol. The number of rotatable bonds is 6. The van der Waals surface area contributed by atoms with Crippen LogP contribution in [0.5, 0.6) is 0 Å². The lowest BCUT2D eigenvalue weighted by molar-refractivity contribution is 0.0782. The summed E-state index contributed by atoms with van der Waals surface area (Å²) in [6.45, 7) is 7.04. The van der Waals surface area contributed by atoms with Gasteiger partial charge in [-0.05, 0) is 47.9 Å². The zero-order valence-electron chi connectivity index (χ0n) is 16.6. The molecule has 27 heavy (non-hydrogen) atoms. The Morgan fingerprint density at radius 2 is 1.93 bits per heavy atom. The fraction of sp³-hybridized carbons (Fsp3) is 0.500. The molecular weight excluding hydrogens is 354 g/mol. The number of ether oxygens (including phenoxy) is 1. The number of nitrogens with zero attached hydrogens (tertiary/aromatic N) is 1. The third kappa shape index (κ3) is 5.17. The molecule has 0 aliphatic carbocycles. The van der Waals surface area contributed by atoms with Crippen LogP contribution in [0.2, 0.25) is 0 Å². The van der Waals surface area contributed by atoms with Crippen LogP contribution in [0.1, 0.15) is 38.3 Å². The minimum absolute atomic E-state index is 0.185. The number of hydrogen-bond donors (Lipinski definition) is 2. The molecule has 1 aliphatic rings. The van der Waals surface area contributed by atoms with Crippen molar-refractivity contribution in [1.29, 1.82) is 0 Å². The normalized spacial score (nSPS) is 18.3. The Morgan fingerprint density at radius 1 is 1.19 bits per heavy atom. The summed E-state index contributed by atoms with van der Waals surface area (Å²) in [4.78, 5) is 4.45. The van der Waals surface area contributed by atoms with E-state index in [2.05, 4.69) is 71.9 Å². The fourth-order valence-electron chi connectivity index (χ4n) is 3.63. The molecule has 146 valence electrons. The van der Waals surface area contributed by atoms with Gasteiger partial charge in [-0.15, -0.1) is 0 Å². The predicted molar refractivity (Wildman–Crippen MR) is 118 cm³/mol. The van der Waals surface area contributed by atoms with Crippen molar-refractivity contribution in [3.8, 4) is 0 Å². The van der Waals surface area contributed by atoms with Gasteiger partial charge < -0.3 is 15.4 Å². The van der Waals surface area contributed by atoms with Crippen molar-refractivity contribution in [2.75, 3.05) is 32.6 Å². The van der Waals surface area contributed by atoms with Gasteiger partial charge in [0, 0.05) is 31.6 Å². The summed E-state index contributed by atoms with van der Waals surface area (Å²) >= 11 is 2.04. The van der Waals surface area contributed by atoms with Crippen LogP contribution in [-0.2, 0) is 4.74 Å². The molecule has 2 aromatic rings. The van der Waals surface area contributed by atoms with Crippen LogP contribution in [0.4, 0.5) is 0 Å². The van der Waals surface area contributed by atoms with Crippen molar-refractivity contribution < 1.29 is 4.74 Å². The highest BCUT2D eigenvalue weighted by atomic mass is 32.2. The van der Waals surface area contributed by atoms with E-state index in [1.54, 1.807) is 0 Å². The molecule has 0 amide bonds. The Kier molecular flexibility index (Phi) is 7.02. The molecule has 1 atom stereocenters. The SMILES string of the molecule is CCSC1(CNC(=NC)NC(C)c2ccc3ccccc3c2)CCOCC1. The van der Waals surface area contributed by atoms with Crippen LogP contribution in [0.15, 0.2) is 47.5 Å². The second-order valence-electron chi connectivity index (χ2n) is 7.13. The fourth-order valence-corrected chi connectivity index (χ4v) is 4.87. The number of hydrogen-bond acceptors (Lipinski definition) is 3. The molecule has 3 rings (SSSR count). The van der Waals surface area contributed by atoms with Gasteiger partial charge in [0.25, 0.3) is 0 Å². The quantitative estimate of drug-likeness (QED) is 0.573. The van der Waals surface area contributed by atoms with Crippen molar-refractivity contribution >= 4 is 28.5 Å². The van der Waals surface area contributed by atoms with Crippen molar-refractivity contribution in [2.24, 2.45) is 4.99 Å². The van der Waals surface area contributed by atoms with Gasteiger partial charge in [0.2, 0.25) is 0 Å². The lowest BCUT2D eigenvalue weighted by atomic mass is 9.99. The lowest BCUT2D eigenvalue weighted by Gasteiger charge is -2.37. The van der Waals surface area contributed by atoms with Crippen LogP contribution < -0.4 is 10.6 Å². The average Bonchev–Trinajstić information content (AvgIpc) is 2.71.